The number of carboxylic acids is 1. The van der Waals surface area contributed by atoms with Crippen molar-refractivity contribution in [2.75, 3.05) is 34.2 Å². The van der Waals surface area contributed by atoms with Crippen LogP contribution in [0.5, 0.6) is 5.75 Å². The second-order valence-electron chi connectivity index (χ2n) is 7.41. The molecule has 0 bridgehead atoms. The summed E-state index contributed by atoms with van der Waals surface area (Å²) >= 11 is 5.78. The third-order valence-corrected chi connectivity index (χ3v) is 4.23. The van der Waals surface area contributed by atoms with Crippen LogP contribution < -0.4 is 10.4 Å². The summed E-state index contributed by atoms with van der Waals surface area (Å²) < 4.78 is 1.07. The first-order valence-corrected chi connectivity index (χ1v) is 9.71. The summed E-state index contributed by atoms with van der Waals surface area (Å²) in [5.41, 5.74) is 0.163. The number of amides is 1. The molecule has 154 valence electrons. The van der Waals surface area contributed by atoms with Crippen LogP contribution in [0.25, 0.3) is 0 Å². The minimum absolute atomic E-state index is 0.0980. The standard InChI is InChI=1S/C15H20ClNO4.C5H14N/c16-11-7-8-13(18)12(10-11)15(21)17-9-5-3-1-2-4-6-14(19)20;1-5-6(2,3)4/h7-8,10,18H,1-6,9H2,(H,17,21)(H,19,20);5H2,1-4H3/q;+1/p-1. The van der Waals surface area contributed by atoms with E-state index in [0.29, 0.717) is 18.0 Å². The Balaban J connectivity index is 0.000000972. The van der Waals surface area contributed by atoms with Gasteiger partial charge in [0.1, 0.15) is 5.75 Å². The summed E-state index contributed by atoms with van der Waals surface area (Å²) in [4.78, 5) is 22.0. The number of rotatable bonds is 10. The molecule has 27 heavy (non-hydrogen) atoms. The van der Waals surface area contributed by atoms with Crippen molar-refractivity contribution in [3.8, 4) is 5.75 Å². The largest absolute Gasteiger partial charge is 0.550 e. The molecule has 0 saturated carbocycles. The molecule has 0 aliphatic rings. The van der Waals surface area contributed by atoms with Crippen molar-refractivity contribution < 1.29 is 24.3 Å². The molecule has 0 radical (unpaired) electrons. The van der Waals surface area contributed by atoms with Gasteiger partial charge in [-0.15, -0.1) is 0 Å². The van der Waals surface area contributed by atoms with E-state index in [2.05, 4.69) is 33.4 Å². The number of aromatic hydroxyl groups is 1. The van der Waals surface area contributed by atoms with Gasteiger partial charge in [-0.25, -0.2) is 0 Å². The van der Waals surface area contributed by atoms with Crippen LogP contribution in [0.4, 0.5) is 0 Å². The van der Waals surface area contributed by atoms with Crippen LogP contribution in [0.15, 0.2) is 18.2 Å². The summed E-state index contributed by atoms with van der Waals surface area (Å²) in [6.45, 7) is 3.89. The van der Waals surface area contributed by atoms with Crippen molar-refractivity contribution in [1.82, 2.24) is 5.32 Å². The molecule has 0 aromatic heterocycles. The number of phenols is 1. The predicted molar refractivity (Wildman–Crippen MR) is 107 cm³/mol. The summed E-state index contributed by atoms with van der Waals surface area (Å²) in [6.07, 6.45) is 4.21. The van der Waals surface area contributed by atoms with Crippen LogP contribution in [0.2, 0.25) is 5.02 Å². The third-order valence-electron chi connectivity index (χ3n) is 4.00. The number of aliphatic carboxylic acids is 1. The maximum absolute atomic E-state index is 11.8. The van der Waals surface area contributed by atoms with E-state index < -0.39 is 5.97 Å². The number of hydrogen-bond donors (Lipinski definition) is 2. The average molecular weight is 401 g/mol. The monoisotopic (exact) mass is 400 g/mol. The molecule has 0 aliphatic heterocycles. The summed E-state index contributed by atoms with van der Waals surface area (Å²) in [7, 11) is 6.54. The number of benzene rings is 1. The Bertz CT molecular complexity index is 586. The van der Waals surface area contributed by atoms with Crippen molar-refractivity contribution in [2.45, 2.75) is 45.4 Å². The highest BCUT2D eigenvalue weighted by Crippen LogP contribution is 2.21. The molecule has 1 aromatic carbocycles. The normalized spacial score (nSPS) is 10.7. The van der Waals surface area contributed by atoms with Crippen molar-refractivity contribution >= 4 is 23.5 Å². The number of unbranched alkanes of at least 4 members (excludes halogenated alkanes) is 4. The van der Waals surface area contributed by atoms with E-state index in [1.165, 1.54) is 24.7 Å². The Morgan fingerprint density at radius 3 is 2.22 bits per heavy atom. The molecule has 1 rings (SSSR count). The number of carbonyl (C=O) groups excluding carboxylic acids is 2. The van der Waals surface area contributed by atoms with Gasteiger partial charge < -0.3 is 24.8 Å². The number of carbonyl (C=O) groups is 2. The van der Waals surface area contributed by atoms with E-state index >= 15 is 0 Å². The lowest BCUT2D eigenvalue weighted by atomic mass is 10.1. The molecule has 0 saturated heterocycles. The Kier molecular flexibility index (Phi) is 12.5. The van der Waals surface area contributed by atoms with Crippen LogP contribution in [0.3, 0.4) is 0 Å². The van der Waals surface area contributed by atoms with Gasteiger partial charge in [0.05, 0.1) is 33.3 Å². The second-order valence-corrected chi connectivity index (χ2v) is 7.85. The lowest BCUT2D eigenvalue weighted by Crippen LogP contribution is -2.33. The zero-order chi connectivity index (χ0) is 20.9. The third kappa shape index (κ3) is 14.0. The van der Waals surface area contributed by atoms with E-state index in [-0.39, 0.29) is 23.6 Å². The van der Waals surface area contributed by atoms with Crippen molar-refractivity contribution in [3.63, 3.8) is 0 Å². The summed E-state index contributed by atoms with van der Waals surface area (Å²) in [5.74, 6) is -1.46. The Morgan fingerprint density at radius 1 is 1.11 bits per heavy atom. The predicted octanol–water partition coefficient (Wildman–Crippen LogP) is 2.58. The Labute approximate surface area is 167 Å². The highest BCUT2D eigenvalue weighted by Gasteiger charge is 2.10. The molecule has 0 heterocycles. The van der Waals surface area contributed by atoms with E-state index in [1.807, 2.05) is 0 Å². The van der Waals surface area contributed by atoms with Gasteiger partial charge in [0.15, 0.2) is 0 Å². The van der Waals surface area contributed by atoms with Gasteiger partial charge in [-0.3, -0.25) is 4.79 Å². The zero-order valence-electron chi connectivity index (χ0n) is 16.9. The first-order chi connectivity index (χ1) is 12.6. The molecular formula is C20H33ClN2O4. The lowest BCUT2D eigenvalue weighted by Gasteiger charge is -2.20. The molecule has 1 aromatic rings. The van der Waals surface area contributed by atoms with Gasteiger partial charge in [0, 0.05) is 17.5 Å². The number of nitrogens with one attached hydrogen (secondary N) is 1. The number of halogens is 1. The van der Waals surface area contributed by atoms with Crippen LogP contribution in [-0.4, -0.2) is 55.7 Å². The SMILES string of the molecule is CC[N+](C)(C)C.O=C([O-])CCCCCCCNC(=O)c1cc(Cl)ccc1O. The zero-order valence-corrected chi connectivity index (χ0v) is 17.6. The first-order valence-electron chi connectivity index (χ1n) is 9.34. The van der Waals surface area contributed by atoms with Crippen LogP contribution >= 0.6 is 11.6 Å². The maximum Gasteiger partial charge on any atom is 0.255 e. The number of carboxylic acid groups (broad SMARTS) is 1. The fourth-order valence-electron chi connectivity index (χ4n) is 1.91. The molecule has 6 nitrogen and oxygen atoms in total. The van der Waals surface area contributed by atoms with Crippen LogP contribution in [0, 0.1) is 0 Å². The van der Waals surface area contributed by atoms with Crippen molar-refractivity contribution in [3.05, 3.63) is 28.8 Å². The second kappa shape index (κ2) is 13.4. The molecule has 7 heteroatoms. The van der Waals surface area contributed by atoms with E-state index in [0.717, 1.165) is 30.2 Å². The van der Waals surface area contributed by atoms with E-state index in [9.17, 15) is 19.8 Å². The lowest BCUT2D eigenvalue weighted by molar-refractivity contribution is -0.868. The molecule has 0 unspecified atom stereocenters. The van der Waals surface area contributed by atoms with E-state index in [1.54, 1.807) is 0 Å². The fraction of sp³-hybridized carbons (Fsp3) is 0.600. The molecular weight excluding hydrogens is 368 g/mol. The Hall–Kier alpha value is -1.79. The highest BCUT2D eigenvalue weighted by molar-refractivity contribution is 6.31. The van der Waals surface area contributed by atoms with Gasteiger partial charge >= 0.3 is 0 Å². The molecule has 2 N–H and O–H groups in total. The van der Waals surface area contributed by atoms with Crippen LogP contribution in [0.1, 0.15) is 55.8 Å². The Morgan fingerprint density at radius 2 is 1.67 bits per heavy atom. The van der Waals surface area contributed by atoms with Gasteiger partial charge in [-0.1, -0.05) is 30.9 Å². The minimum Gasteiger partial charge on any atom is -0.550 e. The van der Waals surface area contributed by atoms with E-state index in [4.69, 9.17) is 11.6 Å². The van der Waals surface area contributed by atoms with Crippen molar-refractivity contribution in [2.24, 2.45) is 0 Å². The highest BCUT2D eigenvalue weighted by atomic mass is 35.5. The average Bonchev–Trinajstić information content (AvgIpc) is 2.58. The number of quaternary nitrogens is 1. The maximum atomic E-state index is 11.8. The minimum atomic E-state index is -1.01. The number of phenolic OH excluding ortho intramolecular Hbond substituents is 1. The molecule has 0 spiro atoms. The van der Waals surface area contributed by atoms with Crippen LogP contribution in [-0.2, 0) is 4.79 Å². The summed E-state index contributed by atoms with van der Waals surface area (Å²) in [6, 6.07) is 4.32. The number of hydrogen-bond acceptors (Lipinski definition) is 4. The molecule has 0 atom stereocenters. The smallest absolute Gasteiger partial charge is 0.255 e. The van der Waals surface area contributed by atoms with Gasteiger partial charge in [-0.2, -0.15) is 0 Å². The van der Waals surface area contributed by atoms with Gasteiger partial charge in [0.2, 0.25) is 0 Å². The molecule has 0 fully saturated rings. The topological polar surface area (TPSA) is 89.5 Å². The quantitative estimate of drug-likeness (QED) is 0.466. The molecule has 0 aliphatic carbocycles. The fourth-order valence-corrected chi connectivity index (χ4v) is 2.08. The first kappa shape index (κ1) is 25.2. The van der Waals surface area contributed by atoms with Gasteiger partial charge in [0.25, 0.3) is 5.91 Å². The molecule has 1 amide bonds. The van der Waals surface area contributed by atoms with Crippen molar-refractivity contribution in [1.29, 1.82) is 0 Å². The van der Waals surface area contributed by atoms with Gasteiger partial charge in [-0.05, 0) is 44.4 Å². The number of nitrogens with zero attached hydrogens (tertiary/aromatic N) is 1. The summed E-state index contributed by atoms with van der Waals surface area (Å²) in [5, 5.41) is 22.9.